The molecule has 0 aromatic heterocycles. The summed E-state index contributed by atoms with van der Waals surface area (Å²) < 4.78 is 0. The van der Waals surface area contributed by atoms with Crippen LogP contribution in [0.3, 0.4) is 0 Å². The zero-order valence-electron chi connectivity index (χ0n) is 9.11. The van der Waals surface area contributed by atoms with E-state index in [2.05, 4.69) is 31.2 Å². The molecule has 0 bridgehead atoms. The van der Waals surface area contributed by atoms with Gasteiger partial charge >= 0.3 is 0 Å². The van der Waals surface area contributed by atoms with Crippen LogP contribution < -0.4 is 0 Å². The molecule has 0 saturated carbocycles. The van der Waals surface area contributed by atoms with E-state index in [1.54, 1.807) is 0 Å². The smallest absolute Gasteiger partial charge is 0.0537 e. The van der Waals surface area contributed by atoms with Crippen LogP contribution >= 0.6 is 0 Å². The first-order valence-corrected chi connectivity index (χ1v) is 5.42. The number of aryl methyl sites for hydroxylation is 1. The molecule has 1 heteroatoms. The molecule has 0 amide bonds. The monoisotopic (exact) mass is 192 g/mol. The maximum Gasteiger partial charge on any atom is 0.0537 e. The predicted molar refractivity (Wildman–Crippen MR) is 60.2 cm³/mol. The van der Waals surface area contributed by atoms with Gasteiger partial charge in [-0.15, -0.1) is 0 Å². The highest BCUT2D eigenvalue weighted by Crippen LogP contribution is 2.13. The molecule has 0 radical (unpaired) electrons. The third kappa shape index (κ3) is 3.93. The molecule has 1 aromatic rings. The lowest BCUT2D eigenvalue weighted by Gasteiger charge is -2.13. The number of benzene rings is 1. The highest BCUT2D eigenvalue weighted by Gasteiger charge is 2.07. The van der Waals surface area contributed by atoms with Crippen LogP contribution in [0.1, 0.15) is 32.3 Å². The average molecular weight is 192 g/mol. The standard InChI is InChI=1S/C13H20O/c1-11(12(2)14)7-6-10-13-8-4-3-5-9-13/h3-5,8-9,11-12,14H,6-7,10H2,1-2H3. The van der Waals surface area contributed by atoms with Gasteiger partial charge in [0.1, 0.15) is 0 Å². The van der Waals surface area contributed by atoms with Gasteiger partial charge in [-0.1, -0.05) is 37.3 Å². The van der Waals surface area contributed by atoms with Gasteiger partial charge in [-0.2, -0.15) is 0 Å². The number of rotatable bonds is 5. The largest absolute Gasteiger partial charge is 0.393 e. The van der Waals surface area contributed by atoms with Crippen molar-refractivity contribution in [3.05, 3.63) is 35.9 Å². The molecule has 2 atom stereocenters. The maximum absolute atomic E-state index is 9.32. The summed E-state index contributed by atoms with van der Waals surface area (Å²) in [6, 6.07) is 10.5. The molecule has 1 rings (SSSR count). The van der Waals surface area contributed by atoms with Crippen LogP contribution in [0.15, 0.2) is 30.3 Å². The number of hydrogen-bond donors (Lipinski definition) is 1. The van der Waals surface area contributed by atoms with E-state index < -0.39 is 0 Å². The van der Waals surface area contributed by atoms with E-state index in [4.69, 9.17) is 0 Å². The minimum absolute atomic E-state index is 0.175. The van der Waals surface area contributed by atoms with Crippen molar-refractivity contribution in [3.8, 4) is 0 Å². The zero-order valence-corrected chi connectivity index (χ0v) is 9.11. The maximum atomic E-state index is 9.32. The van der Waals surface area contributed by atoms with Crippen molar-refractivity contribution in [2.75, 3.05) is 0 Å². The Bertz CT molecular complexity index is 241. The highest BCUT2D eigenvalue weighted by atomic mass is 16.3. The molecule has 78 valence electrons. The van der Waals surface area contributed by atoms with E-state index >= 15 is 0 Å². The second-order valence-electron chi connectivity index (χ2n) is 4.10. The van der Waals surface area contributed by atoms with E-state index in [1.165, 1.54) is 5.56 Å². The second-order valence-corrected chi connectivity index (χ2v) is 4.10. The quantitative estimate of drug-likeness (QED) is 0.760. The molecule has 1 N–H and O–H groups in total. The minimum Gasteiger partial charge on any atom is -0.393 e. The van der Waals surface area contributed by atoms with E-state index in [0.717, 1.165) is 19.3 Å². The van der Waals surface area contributed by atoms with Gasteiger partial charge in [-0.05, 0) is 37.7 Å². The molecular formula is C13H20O. The van der Waals surface area contributed by atoms with E-state index in [9.17, 15) is 5.11 Å². The Morgan fingerprint density at radius 2 is 1.79 bits per heavy atom. The molecule has 0 spiro atoms. The molecule has 14 heavy (non-hydrogen) atoms. The van der Waals surface area contributed by atoms with Gasteiger partial charge in [0.25, 0.3) is 0 Å². The molecule has 1 nitrogen and oxygen atoms in total. The molecule has 0 aliphatic carbocycles. The first kappa shape index (κ1) is 11.3. The average Bonchev–Trinajstić information content (AvgIpc) is 2.19. The molecule has 0 aliphatic rings. The van der Waals surface area contributed by atoms with E-state index in [1.807, 2.05) is 13.0 Å². The third-order valence-corrected chi connectivity index (χ3v) is 2.79. The molecule has 0 heterocycles. The van der Waals surface area contributed by atoms with Gasteiger partial charge in [0.15, 0.2) is 0 Å². The Balaban J connectivity index is 2.22. The van der Waals surface area contributed by atoms with Crippen LogP contribution in [0.25, 0.3) is 0 Å². The summed E-state index contributed by atoms with van der Waals surface area (Å²) in [6.07, 6.45) is 3.21. The van der Waals surface area contributed by atoms with Crippen LogP contribution in [-0.2, 0) is 6.42 Å². The highest BCUT2D eigenvalue weighted by molar-refractivity contribution is 5.14. The van der Waals surface area contributed by atoms with Gasteiger partial charge in [0, 0.05) is 0 Å². The third-order valence-electron chi connectivity index (χ3n) is 2.79. The fourth-order valence-electron chi connectivity index (χ4n) is 1.51. The second kappa shape index (κ2) is 5.82. The minimum atomic E-state index is -0.175. The van der Waals surface area contributed by atoms with Crippen molar-refractivity contribution >= 4 is 0 Å². The fourth-order valence-corrected chi connectivity index (χ4v) is 1.51. The molecule has 0 aliphatic heterocycles. The first-order chi connectivity index (χ1) is 6.70. The SMILES string of the molecule is CC(O)C(C)CCCc1ccccc1. The summed E-state index contributed by atoms with van der Waals surface area (Å²) in [7, 11) is 0. The summed E-state index contributed by atoms with van der Waals surface area (Å²) in [5, 5.41) is 9.32. The Kier molecular flexibility index (Phi) is 4.68. The summed E-state index contributed by atoms with van der Waals surface area (Å²) >= 11 is 0. The van der Waals surface area contributed by atoms with Crippen LogP contribution in [0.2, 0.25) is 0 Å². The molecular weight excluding hydrogens is 172 g/mol. The van der Waals surface area contributed by atoms with Gasteiger partial charge in [-0.25, -0.2) is 0 Å². The number of aliphatic hydroxyl groups excluding tert-OH is 1. The van der Waals surface area contributed by atoms with E-state index in [-0.39, 0.29) is 6.10 Å². The van der Waals surface area contributed by atoms with Crippen LogP contribution in [-0.4, -0.2) is 11.2 Å². The zero-order chi connectivity index (χ0) is 10.4. The lowest BCUT2D eigenvalue weighted by Crippen LogP contribution is -2.12. The number of aliphatic hydroxyl groups is 1. The molecule has 0 saturated heterocycles. The van der Waals surface area contributed by atoms with Gasteiger partial charge in [-0.3, -0.25) is 0 Å². The van der Waals surface area contributed by atoms with E-state index in [0.29, 0.717) is 5.92 Å². The first-order valence-electron chi connectivity index (χ1n) is 5.42. The van der Waals surface area contributed by atoms with Crippen LogP contribution in [0, 0.1) is 5.92 Å². The topological polar surface area (TPSA) is 20.2 Å². The van der Waals surface area contributed by atoms with Crippen molar-refractivity contribution in [1.29, 1.82) is 0 Å². The fraction of sp³-hybridized carbons (Fsp3) is 0.538. The summed E-state index contributed by atoms with van der Waals surface area (Å²) in [6.45, 7) is 3.98. The van der Waals surface area contributed by atoms with Gasteiger partial charge in [0.2, 0.25) is 0 Å². The number of hydrogen-bond acceptors (Lipinski definition) is 1. The lowest BCUT2D eigenvalue weighted by atomic mass is 9.97. The van der Waals surface area contributed by atoms with Crippen molar-refractivity contribution < 1.29 is 5.11 Å². The Morgan fingerprint density at radius 1 is 1.14 bits per heavy atom. The summed E-state index contributed by atoms with van der Waals surface area (Å²) in [5.41, 5.74) is 1.39. The Morgan fingerprint density at radius 3 is 2.36 bits per heavy atom. The molecule has 1 aromatic carbocycles. The van der Waals surface area contributed by atoms with Crippen LogP contribution in [0.5, 0.6) is 0 Å². The van der Waals surface area contributed by atoms with Crippen molar-refractivity contribution in [3.63, 3.8) is 0 Å². The molecule has 2 unspecified atom stereocenters. The van der Waals surface area contributed by atoms with Crippen molar-refractivity contribution in [1.82, 2.24) is 0 Å². The lowest BCUT2D eigenvalue weighted by molar-refractivity contribution is 0.129. The van der Waals surface area contributed by atoms with Crippen LogP contribution in [0.4, 0.5) is 0 Å². The van der Waals surface area contributed by atoms with Gasteiger partial charge < -0.3 is 5.11 Å². The predicted octanol–water partition coefficient (Wildman–Crippen LogP) is 3.03. The molecule has 0 fully saturated rings. The summed E-state index contributed by atoms with van der Waals surface area (Å²) in [5.74, 6) is 0.415. The Labute approximate surface area is 86.8 Å². The van der Waals surface area contributed by atoms with Gasteiger partial charge in [0.05, 0.1) is 6.10 Å². The normalized spacial score (nSPS) is 15.1. The Hall–Kier alpha value is -0.820. The van der Waals surface area contributed by atoms with Crippen molar-refractivity contribution in [2.24, 2.45) is 5.92 Å². The summed E-state index contributed by atoms with van der Waals surface area (Å²) in [4.78, 5) is 0. The van der Waals surface area contributed by atoms with Crippen molar-refractivity contribution in [2.45, 2.75) is 39.2 Å².